The molecule has 0 fully saturated rings. The number of nitrogen functional groups attached to an aromatic ring is 1. The van der Waals surface area contributed by atoms with Gasteiger partial charge in [0.2, 0.25) is 5.91 Å². The highest BCUT2D eigenvalue weighted by Gasteiger charge is 2.26. The van der Waals surface area contributed by atoms with Crippen LogP contribution < -0.4 is 16.4 Å². The Balaban J connectivity index is 2.76. The number of anilines is 2. The zero-order valence-electron chi connectivity index (χ0n) is 11.6. The summed E-state index contributed by atoms with van der Waals surface area (Å²) in [6.45, 7) is 4.24. The van der Waals surface area contributed by atoms with Crippen molar-refractivity contribution in [2.24, 2.45) is 5.41 Å². The third-order valence-corrected chi connectivity index (χ3v) is 2.99. The zero-order chi connectivity index (χ0) is 14.5. The van der Waals surface area contributed by atoms with Crippen LogP contribution in [0.4, 0.5) is 11.4 Å². The largest absolute Gasteiger partial charge is 0.398 e. The molecule has 0 aliphatic heterocycles. The normalized spacial score (nSPS) is 10.6. The van der Waals surface area contributed by atoms with Crippen LogP contribution >= 0.6 is 0 Å². The van der Waals surface area contributed by atoms with E-state index >= 15 is 0 Å². The Kier molecular flexibility index (Phi) is 4.76. The number of rotatable bonds is 5. The van der Waals surface area contributed by atoms with E-state index in [4.69, 9.17) is 11.0 Å². The van der Waals surface area contributed by atoms with Crippen molar-refractivity contribution >= 4 is 17.3 Å². The van der Waals surface area contributed by atoms with Gasteiger partial charge < -0.3 is 16.4 Å². The van der Waals surface area contributed by atoms with Crippen LogP contribution in [-0.4, -0.2) is 19.5 Å². The van der Waals surface area contributed by atoms with E-state index in [-0.39, 0.29) is 12.3 Å². The molecule has 5 nitrogen and oxygen atoms in total. The molecule has 4 N–H and O–H groups in total. The smallest absolute Gasteiger partial charge is 0.227 e. The van der Waals surface area contributed by atoms with Crippen LogP contribution in [-0.2, 0) is 11.2 Å². The van der Waals surface area contributed by atoms with E-state index in [1.807, 2.05) is 26.0 Å². The second-order valence-corrected chi connectivity index (χ2v) is 5.07. The summed E-state index contributed by atoms with van der Waals surface area (Å²) in [7, 11) is 1.62. The predicted octanol–water partition coefficient (Wildman–Crippen LogP) is 1.52. The van der Waals surface area contributed by atoms with Crippen molar-refractivity contribution < 1.29 is 4.79 Å². The lowest BCUT2D eigenvalue weighted by Crippen LogP contribution is -2.39. The average molecular weight is 260 g/mol. The van der Waals surface area contributed by atoms with Crippen molar-refractivity contribution in [1.82, 2.24) is 5.32 Å². The van der Waals surface area contributed by atoms with E-state index in [1.54, 1.807) is 13.1 Å². The fraction of sp³-hybridized carbons (Fsp3) is 0.429. The Labute approximate surface area is 113 Å². The maximum absolute atomic E-state index is 11.7. The third kappa shape index (κ3) is 3.88. The van der Waals surface area contributed by atoms with Crippen LogP contribution in [0.2, 0.25) is 0 Å². The summed E-state index contributed by atoms with van der Waals surface area (Å²) >= 11 is 0. The van der Waals surface area contributed by atoms with E-state index in [9.17, 15) is 4.79 Å². The van der Waals surface area contributed by atoms with Crippen LogP contribution in [0.3, 0.4) is 0 Å². The van der Waals surface area contributed by atoms with Gasteiger partial charge >= 0.3 is 0 Å². The maximum Gasteiger partial charge on any atom is 0.227 e. The molecule has 0 radical (unpaired) electrons. The number of carbonyl (C=O) groups excluding carboxylic acids is 1. The summed E-state index contributed by atoms with van der Waals surface area (Å²) in [5.74, 6) is -0.0207. The molecule has 0 heterocycles. The standard InChI is InChI=1S/C14H20N4O/c1-14(2,13(19)17-3)9-18-11-4-5-12(16)10(8-11)6-7-15/h4-5,8,18H,6,9,16H2,1-3H3,(H,17,19). The van der Waals surface area contributed by atoms with Crippen LogP contribution in [0.15, 0.2) is 18.2 Å². The van der Waals surface area contributed by atoms with E-state index in [0.29, 0.717) is 12.2 Å². The average Bonchev–Trinajstić information content (AvgIpc) is 2.39. The van der Waals surface area contributed by atoms with Crippen molar-refractivity contribution in [3.63, 3.8) is 0 Å². The molecule has 1 amide bonds. The molecule has 0 aromatic heterocycles. The molecular formula is C14H20N4O. The van der Waals surface area contributed by atoms with Crippen LogP contribution in [0, 0.1) is 16.7 Å². The SMILES string of the molecule is CNC(=O)C(C)(C)CNc1ccc(N)c(CC#N)c1. The van der Waals surface area contributed by atoms with Gasteiger partial charge in [-0.1, -0.05) is 0 Å². The molecule has 0 aliphatic rings. The highest BCUT2D eigenvalue weighted by molar-refractivity contribution is 5.82. The quantitative estimate of drug-likeness (QED) is 0.700. The van der Waals surface area contributed by atoms with Gasteiger partial charge in [0.25, 0.3) is 0 Å². The molecule has 19 heavy (non-hydrogen) atoms. The molecule has 1 aromatic carbocycles. The molecule has 1 aromatic rings. The van der Waals surface area contributed by atoms with Crippen LogP contribution in [0.5, 0.6) is 0 Å². The van der Waals surface area contributed by atoms with Crippen molar-refractivity contribution in [3.8, 4) is 6.07 Å². The van der Waals surface area contributed by atoms with Gasteiger partial charge in [0.15, 0.2) is 0 Å². The van der Waals surface area contributed by atoms with E-state index in [2.05, 4.69) is 16.7 Å². The Morgan fingerprint density at radius 2 is 2.16 bits per heavy atom. The highest BCUT2D eigenvalue weighted by atomic mass is 16.2. The number of amides is 1. The third-order valence-electron chi connectivity index (χ3n) is 2.99. The number of nitrogens with zero attached hydrogens (tertiary/aromatic N) is 1. The Hall–Kier alpha value is -2.22. The molecule has 0 atom stereocenters. The lowest BCUT2D eigenvalue weighted by molar-refractivity contribution is -0.128. The lowest BCUT2D eigenvalue weighted by Gasteiger charge is -2.23. The number of benzene rings is 1. The number of hydrogen-bond donors (Lipinski definition) is 3. The van der Waals surface area contributed by atoms with Crippen molar-refractivity contribution in [1.29, 1.82) is 5.26 Å². The molecule has 1 rings (SSSR count). The molecule has 0 bridgehead atoms. The van der Waals surface area contributed by atoms with Gasteiger partial charge in [0, 0.05) is 25.0 Å². The van der Waals surface area contributed by atoms with Gasteiger partial charge in [0.1, 0.15) is 0 Å². The van der Waals surface area contributed by atoms with Gasteiger partial charge in [-0.05, 0) is 37.6 Å². The first-order valence-corrected chi connectivity index (χ1v) is 6.12. The van der Waals surface area contributed by atoms with Gasteiger partial charge in [-0.2, -0.15) is 5.26 Å². The minimum atomic E-state index is -0.508. The minimum Gasteiger partial charge on any atom is -0.398 e. The van der Waals surface area contributed by atoms with Crippen molar-refractivity contribution in [2.45, 2.75) is 20.3 Å². The summed E-state index contributed by atoms with van der Waals surface area (Å²) in [4.78, 5) is 11.7. The Bertz CT molecular complexity index is 503. The Morgan fingerprint density at radius 3 is 2.74 bits per heavy atom. The molecule has 102 valence electrons. The molecule has 0 unspecified atom stereocenters. The number of nitriles is 1. The van der Waals surface area contributed by atoms with Gasteiger partial charge in [-0.15, -0.1) is 0 Å². The number of nitrogens with two attached hydrogens (primary N) is 1. The molecule has 5 heteroatoms. The monoisotopic (exact) mass is 260 g/mol. The lowest BCUT2D eigenvalue weighted by atomic mass is 9.92. The number of nitrogens with one attached hydrogen (secondary N) is 2. The molecule has 0 saturated heterocycles. The molecule has 0 saturated carbocycles. The number of hydrogen-bond acceptors (Lipinski definition) is 4. The van der Waals surface area contributed by atoms with Gasteiger partial charge in [-0.3, -0.25) is 4.79 Å². The summed E-state index contributed by atoms with van der Waals surface area (Å²) in [5.41, 5.74) is 7.54. The fourth-order valence-electron chi connectivity index (χ4n) is 1.70. The zero-order valence-corrected chi connectivity index (χ0v) is 11.6. The maximum atomic E-state index is 11.7. The first-order valence-electron chi connectivity index (χ1n) is 6.12. The first kappa shape index (κ1) is 14.8. The summed E-state index contributed by atoms with van der Waals surface area (Å²) < 4.78 is 0. The molecule has 0 spiro atoms. The highest BCUT2D eigenvalue weighted by Crippen LogP contribution is 2.21. The molecule has 0 aliphatic carbocycles. The van der Waals surface area contributed by atoms with Crippen molar-refractivity contribution in [2.75, 3.05) is 24.6 Å². The number of carbonyl (C=O) groups is 1. The summed E-state index contributed by atoms with van der Waals surface area (Å²) in [6, 6.07) is 7.53. The van der Waals surface area contributed by atoms with E-state index < -0.39 is 5.41 Å². The van der Waals surface area contributed by atoms with Crippen molar-refractivity contribution in [3.05, 3.63) is 23.8 Å². The van der Waals surface area contributed by atoms with E-state index in [1.165, 1.54) is 0 Å². The first-order chi connectivity index (χ1) is 8.90. The van der Waals surface area contributed by atoms with E-state index in [0.717, 1.165) is 11.3 Å². The van der Waals surface area contributed by atoms with Gasteiger partial charge in [0.05, 0.1) is 17.9 Å². The van der Waals surface area contributed by atoms with Crippen LogP contribution in [0.1, 0.15) is 19.4 Å². The topological polar surface area (TPSA) is 90.9 Å². The predicted molar refractivity (Wildman–Crippen MR) is 76.5 cm³/mol. The molecular weight excluding hydrogens is 240 g/mol. The van der Waals surface area contributed by atoms with Crippen LogP contribution in [0.25, 0.3) is 0 Å². The van der Waals surface area contributed by atoms with Gasteiger partial charge in [-0.25, -0.2) is 0 Å². The minimum absolute atomic E-state index is 0.0207. The second kappa shape index (κ2) is 6.10. The summed E-state index contributed by atoms with van der Waals surface area (Å²) in [5, 5.41) is 14.6. The fourth-order valence-corrected chi connectivity index (χ4v) is 1.70. The second-order valence-electron chi connectivity index (χ2n) is 5.07. The summed E-state index contributed by atoms with van der Waals surface area (Å²) in [6.07, 6.45) is 0.278. The Morgan fingerprint density at radius 1 is 1.47 bits per heavy atom.